The van der Waals surface area contributed by atoms with Crippen LogP contribution in [0.4, 0.5) is 0 Å². The molecule has 6 nitrogen and oxygen atoms in total. The Morgan fingerprint density at radius 2 is 1.93 bits per heavy atom. The van der Waals surface area contributed by atoms with Gasteiger partial charge in [-0.3, -0.25) is 9.89 Å². The molecule has 1 fully saturated rings. The van der Waals surface area contributed by atoms with Crippen LogP contribution in [0.5, 0.6) is 5.75 Å². The van der Waals surface area contributed by atoms with Crippen molar-refractivity contribution < 1.29 is 9.47 Å². The number of ether oxygens (including phenoxy) is 2. The fourth-order valence-corrected chi connectivity index (χ4v) is 3.71. The number of hydrogen-bond acceptors (Lipinski definition) is 4. The lowest BCUT2D eigenvalue weighted by Gasteiger charge is -2.35. The lowest BCUT2D eigenvalue weighted by Crippen LogP contribution is -2.46. The van der Waals surface area contributed by atoms with E-state index in [1.165, 1.54) is 0 Å². The third-order valence-corrected chi connectivity index (χ3v) is 5.38. The van der Waals surface area contributed by atoms with Gasteiger partial charge in [0, 0.05) is 38.2 Å². The highest BCUT2D eigenvalue weighted by molar-refractivity contribution is 14.0. The van der Waals surface area contributed by atoms with Gasteiger partial charge in [-0.05, 0) is 29.3 Å². The van der Waals surface area contributed by atoms with Gasteiger partial charge in [0.05, 0.1) is 26.4 Å². The van der Waals surface area contributed by atoms with E-state index in [1.807, 2.05) is 36.4 Å². The third-order valence-electron chi connectivity index (χ3n) is 5.03. The molecule has 1 saturated heterocycles. The number of rotatable bonds is 7. The summed E-state index contributed by atoms with van der Waals surface area (Å²) in [6.07, 6.45) is 0. The fraction of sp³-hybridized carbons (Fsp3) is 0.409. The molecule has 0 saturated carbocycles. The van der Waals surface area contributed by atoms with Crippen LogP contribution in [0.1, 0.15) is 17.2 Å². The summed E-state index contributed by atoms with van der Waals surface area (Å²) in [5.74, 6) is 1.59. The van der Waals surface area contributed by atoms with Crippen molar-refractivity contribution in [3.63, 3.8) is 0 Å². The number of hydrogen-bond donors (Lipinski definition) is 2. The maximum Gasteiger partial charge on any atom is 0.191 e. The van der Waals surface area contributed by atoms with Gasteiger partial charge in [0.2, 0.25) is 0 Å². The number of nitrogens with zero attached hydrogens (tertiary/aromatic N) is 2. The zero-order valence-corrected chi connectivity index (χ0v) is 20.5. The normalized spacial score (nSPS) is 15.8. The second-order valence-electron chi connectivity index (χ2n) is 6.84. The molecule has 1 unspecified atom stereocenters. The smallest absolute Gasteiger partial charge is 0.191 e. The molecule has 2 aromatic carbocycles. The number of methoxy groups -OCH3 is 1. The van der Waals surface area contributed by atoms with E-state index in [-0.39, 0.29) is 30.0 Å². The van der Waals surface area contributed by atoms with Crippen molar-refractivity contribution in [1.29, 1.82) is 0 Å². The Morgan fingerprint density at radius 3 is 2.63 bits per heavy atom. The van der Waals surface area contributed by atoms with Crippen LogP contribution in [-0.4, -0.2) is 57.9 Å². The van der Waals surface area contributed by atoms with Gasteiger partial charge in [-0.25, -0.2) is 0 Å². The highest BCUT2D eigenvalue weighted by Gasteiger charge is 2.24. The van der Waals surface area contributed by atoms with Crippen molar-refractivity contribution in [2.45, 2.75) is 12.6 Å². The van der Waals surface area contributed by atoms with Gasteiger partial charge in [-0.15, -0.1) is 24.0 Å². The molecule has 8 heteroatoms. The molecule has 0 amide bonds. The van der Waals surface area contributed by atoms with Crippen molar-refractivity contribution in [1.82, 2.24) is 15.5 Å². The van der Waals surface area contributed by atoms with Crippen molar-refractivity contribution in [2.24, 2.45) is 4.99 Å². The average Bonchev–Trinajstić information content (AvgIpc) is 2.78. The molecule has 1 aliphatic heterocycles. The minimum Gasteiger partial charge on any atom is -0.497 e. The van der Waals surface area contributed by atoms with Gasteiger partial charge >= 0.3 is 0 Å². The van der Waals surface area contributed by atoms with Crippen LogP contribution in [0, 0.1) is 0 Å². The first-order chi connectivity index (χ1) is 14.2. The van der Waals surface area contributed by atoms with Crippen LogP contribution >= 0.6 is 35.6 Å². The monoisotopic (exact) mass is 544 g/mol. The summed E-state index contributed by atoms with van der Waals surface area (Å²) in [5, 5.41) is 7.61. The Balaban J connectivity index is 0.00000320. The van der Waals surface area contributed by atoms with Crippen LogP contribution in [0.3, 0.4) is 0 Å². The summed E-state index contributed by atoms with van der Waals surface area (Å²) >= 11 is 6.51. The first-order valence-electron chi connectivity index (χ1n) is 9.85. The maximum atomic E-state index is 6.51. The zero-order valence-electron chi connectivity index (χ0n) is 17.4. The molecule has 0 aliphatic carbocycles. The number of benzene rings is 2. The molecule has 2 aromatic rings. The minimum atomic E-state index is 0. The van der Waals surface area contributed by atoms with Crippen molar-refractivity contribution in [3.05, 3.63) is 64.7 Å². The first kappa shape index (κ1) is 24.7. The molecule has 1 atom stereocenters. The zero-order chi connectivity index (χ0) is 20.5. The SMILES string of the molecule is CN=C(NCc1cccc(OC)c1)NCC(c1ccccc1Cl)N1CCOCC1.I. The lowest BCUT2D eigenvalue weighted by molar-refractivity contribution is 0.0170. The van der Waals surface area contributed by atoms with E-state index in [4.69, 9.17) is 21.1 Å². The first-order valence-corrected chi connectivity index (χ1v) is 10.2. The number of guanidine groups is 1. The van der Waals surface area contributed by atoms with Crippen LogP contribution in [0.15, 0.2) is 53.5 Å². The molecule has 1 heterocycles. The Hall–Kier alpha value is -1.55. The fourth-order valence-electron chi connectivity index (χ4n) is 3.45. The molecule has 0 aromatic heterocycles. The van der Waals surface area contributed by atoms with Crippen molar-refractivity contribution >= 4 is 41.5 Å². The number of aliphatic imine (C=N–C) groups is 1. The van der Waals surface area contributed by atoms with Crippen LogP contribution in [0.2, 0.25) is 5.02 Å². The van der Waals surface area contributed by atoms with Gasteiger partial charge in [-0.1, -0.05) is 41.9 Å². The topological polar surface area (TPSA) is 58.1 Å². The molecule has 0 radical (unpaired) electrons. The maximum absolute atomic E-state index is 6.51. The Morgan fingerprint density at radius 1 is 1.17 bits per heavy atom. The molecule has 3 rings (SSSR count). The summed E-state index contributed by atoms with van der Waals surface area (Å²) in [6.45, 7) is 4.60. The number of halogens is 2. The summed E-state index contributed by atoms with van der Waals surface area (Å²) < 4.78 is 10.8. The largest absolute Gasteiger partial charge is 0.497 e. The number of morpholine rings is 1. The van der Waals surface area contributed by atoms with Gasteiger partial charge < -0.3 is 20.1 Å². The van der Waals surface area contributed by atoms with E-state index in [9.17, 15) is 0 Å². The Bertz CT molecular complexity index is 815. The van der Waals surface area contributed by atoms with Gasteiger partial charge in [0.1, 0.15) is 5.75 Å². The van der Waals surface area contributed by atoms with E-state index in [2.05, 4.69) is 32.7 Å². The molecule has 164 valence electrons. The van der Waals surface area contributed by atoms with Crippen LogP contribution < -0.4 is 15.4 Å². The molecular formula is C22H30ClIN4O2. The van der Waals surface area contributed by atoms with Gasteiger partial charge in [-0.2, -0.15) is 0 Å². The number of nitrogens with one attached hydrogen (secondary N) is 2. The highest BCUT2D eigenvalue weighted by atomic mass is 127. The molecule has 2 N–H and O–H groups in total. The predicted molar refractivity (Wildman–Crippen MR) is 133 cm³/mol. The summed E-state index contributed by atoms with van der Waals surface area (Å²) in [7, 11) is 3.45. The van der Waals surface area contributed by atoms with E-state index >= 15 is 0 Å². The van der Waals surface area contributed by atoms with E-state index < -0.39 is 0 Å². The van der Waals surface area contributed by atoms with Gasteiger partial charge in [0.25, 0.3) is 0 Å². The highest BCUT2D eigenvalue weighted by Crippen LogP contribution is 2.27. The molecule has 0 spiro atoms. The summed E-state index contributed by atoms with van der Waals surface area (Å²) in [4.78, 5) is 6.78. The second-order valence-corrected chi connectivity index (χ2v) is 7.25. The van der Waals surface area contributed by atoms with Crippen LogP contribution in [0.25, 0.3) is 0 Å². The van der Waals surface area contributed by atoms with E-state index in [0.717, 1.165) is 54.2 Å². The predicted octanol–water partition coefficient (Wildman–Crippen LogP) is 3.71. The Kier molecular flexibility index (Phi) is 10.7. The van der Waals surface area contributed by atoms with Crippen molar-refractivity contribution in [2.75, 3.05) is 47.0 Å². The Labute approximate surface area is 201 Å². The molecule has 0 bridgehead atoms. The van der Waals surface area contributed by atoms with Crippen molar-refractivity contribution in [3.8, 4) is 5.75 Å². The third kappa shape index (κ3) is 7.01. The standard InChI is InChI=1S/C22H29ClN4O2.HI/c1-24-22(25-15-17-6-5-7-18(14-17)28-2)26-16-21(27-10-12-29-13-11-27)19-8-3-4-9-20(19)23;/h3-9,14,21H,10-13,15-16H2,1-2H3,(H2,24,25,26);1H. The summed E-state index contributed by atoms with van der Waals surface area (Å²) in [6, 6.07) is 16.2. The van der Waals surface area contributed by atoms with Gasteiger partial charge in [0.15, 0.2) is 5.96 Å². The molecule has 1 aliphatic rings. The quantitative estimate of drug-likeness (QED) is 0.316. The summed E-state index contributed by atoms with van der Waals surface area (Å²) in [5.41, 5.74) is 2.25. The molecular weight excluding hydrogens is 515 g/mol. The average molecular weight is 545 g/mol. The minimum absolute atomic E-state index is 0. The van der Waals surface area contributed by atoms with E-state index in [1.54, 1.807) is 14.2 Å². The lowest BCUT2D eigenvalue weighted by atomic mass is 10.0. The van der Waals surface area contributed by atoms with Crippen LogP contribution in [-0.2, 0) is 11.3 Å². The second kappa shape index (κ2) is 13.0. The van der Waals surface area contributed by atoms with E-state index in [0.29, 0.717) is 13.1 Å². The molecule has 30 heavy (non-hydrogen) atoms.